The van der Waals surface area contributed by atoms with Gasteiger partial charge in [0.15, 0.2) is 0 Å². The summed E-state index contributed by atoms with van der Waals surface area (Å²) in [7, 11) is 0. The topological polar surface area (TPSA) is 38.1 Å². The van der Waals surface area contributed by atoms with Crippen molar-refractivity contribution in [3.8, 4) is 0 Å². The number of aromatic nitrogens is 2. The lowest BCUT2D eigenvalue weighted by Gasteiger charge is -2.19. The molecule has 1 aromatic heterocycles. The summed E-state index contributed by atoms with van der Waals surface area (Å²) in [6, 6.07) is 19.1. The lowest BCUT2D eigenvalue weighted by atomic mass is 9.99. The molecule has 33 heavy (non-hydrogen) atoms. The summed E-state index contributed by atoms with van der Waals surface area (Å²) in [5.74, 6) is 1.25. The third-order valence-corrected chi connectivity index (χ3v) is 7.13. The van der Waals surface area contributed by atoms with Gasteiger partial charge in [-0.3, -0.25) is 4.79 Å². The summed E-state index contributed by atoms with van der Waals surface area (Å²) in [5.41, 5.74) is 10.8. The maximum Gasteiger partial charge on any atom is 0.227 e. The Labute approximate surface area is 195 Å². The van der Waals surface area contributed by atoms with Crippen molar-refractivity contribution in [3.63, 3.8) is 0 Å². The van der Waals surface area contributed by atoms with Gasteiger partial charge in [0.25, 0.3) is 0 Å². The lowest BCUT2D eigenvalue weighted by molar-refractivity contribution is -0.117. The van der Waals surface area contributed by atoms with E-state index in [4.69, 9.17) is 4.98 Å². The van der Waals surface area contributed by atoms with Gasteiger partial charge in [0.2, 0.25) is 5.91 Å². The fourth-order valence-corrected chi connectivity index (χ4v) is 5.21. The van der Waals surface area contributed by atoms with Crippen molar-refractivity contribution in [1.82, 2.24) is 9.55 Å². The molecule has 1 unspecified atom stereocenters. The van der Waals surface area contributed by atoms with Crippen molar-refractivity contribution < 1.29 is 4.79 Å². The highest BCUT2D eigenvalue weighted by molar-refractivity contribution is 5.96. The van der Waals surface area contributed by atoms with Crippen LogP contribution in [0.1, 0.15) is 51.5 Å². The highest BCUT2D eigenvalue weighted by Gasteiger charge is 2.35. The SMILES string of the molecule is Cc1cc(C)c(Cn2c(C3CC(=O)N(c4ccc(C)c(C)c4)C3)nc3ccccc32)c(C)c1. The third kappa shape index (κ3) is 3.84. The summed E-state index contributed by atoms with van der Waals surface area (Å²) < 4.78 is 2.34. The zero-order valence-corrected chi connectivity index (χ0v) is 20.1. The van der Waals surface area contributed by atoms with Crippen molar-refractivity contribution in [2.24, 2.45) is 0 Å². The van der Waals surface area contributed by atoms with Crippen molar-refractivity contribution >= 4 is 22.6 Å². The Morgan fingerprint density at radius 1 is 0.879 bits per heavy atom. The van der Waals surface area contributed by atoms with Gasteiger partial charge in [-0.2, -0.15) is 0 Å². The number of nitrogens with zero attached hydrogens (tertiary/aromatic N) is 3. The van der Waals surface area contributed by atoms with Gasteiger partial charge >= 0.3 is 0 Å². The number of anilines is 1. The summed E-state index contributed by atoms with van der Waals surface area (Å²) in [6.07, 6.45) is 0.488. The molecule has 1 aliphatic heterocycles. The minimum absolute atomic E-state index is 0.0672. The molecule has 0 aliphatic carbocycles. The highest BCUT2D eigenvalue weighted by atomic mass is 16.2. The van der Waals surface area contributed by atoms with E-state index in [1.165, 1.54) is 33.4 Å². The smallest absolute Gasteiger partial charge is 0.227 e. The van der Waals surface area contributed by atoms with Crippen molar-refractivity contribution in [1.29, 1.82) is 0 Å². The first-order chi connectivity index (χ1) is 15.8. The molecule has 1 aliphatic rings. The molecule has 4 heteroatoms. The van der Waals surface area contributed by atoms with Crippen LogP contribution in [0.5, 0.6) is 0 Å². The van der Waals surface area contributed by atoms with Crippen LogP contribution in [0.15, 0.2) is 54.6 Å². The second-order valence-corrected chi connectivity index (χ2v) is 9.60. The Bertz CT molecular complexity index is 1360. The van der Waals surface area contributed by atoms with Gasteiger partial charge in [-0.1, -0.05) is 35.9 Å². The Hall–Kier alpha value is -3.40. The van der Waals surface area contributed by atoms with Gasteiger partial charge in [0, 0.05) is 31.1 Å². The largest absolute Gasteiger partial charge is 0.323 e. The van der Waals surface area contributed by atoms with Gasteiger partial charge in [-0.15, -0.1) is 0 Å². The number of carbonyl (C=O) groups is 1. The fraction of sp³-hybridized carbons (Fsp3) is 0.310. The van der Waals surface area contributed by atoms with Gasteiger partial charge in [-0.25, -0.2) is 4.98 Å². The first-order valence-electron chi connectivity index (χ1n) is 11.7. The molecule has 4 nitrogen and oxygen atoms in total. The predicted molar refractivity (Wildman–Crippen MR) is 135 cm³/mol. The van der Waals surface area contributed by atoms with Crippen LogP contribution < -0.4 is 4.90 Å². The van der Waals surface area contributed by atoms with Crippen LogP contribution >= 0.6 is 0 Å². The number of hydrogen-bond acceptors (Lipinski definition) is 2. The van der Waals surface area contributed by atoms with E-state index >= 15 is 0 Å². The molecular formula is C29H31N3O. The third-order valence-electron chi connectivity index (χ3n) is 7.13. The molecule has 3 aromatic carbocycles. The van der Waals surface area contributed by atoms with Crippen molar-refractivity contribution in [3.05, 3.63) is 93.8 Å². The van der Waals surface area contributed by atoms with Crippen LogP contribution in [-0.4, -0.2) is 22.0 Å². The quantitative estimate of drug-likeness (QED) is 0.384. The molecule has 1 amide bonds. The Morgan fingerprint density at radius 2 is 1.61 bits per heavy atom. The zero-order chi connectivity index (χ0) is 23.3. The van der Waals surface area contributed by atoms with E-state index in [1.54, 1.807) is 0 Å². The molecule has 0 spiro atoms. The molecule has 0 saturated carbocycles. The number of carbonyl (C=O) groups excluding carboxylic acids is 1. The van der Waals surface area contributed by atoms with Gasteiger partial charge in [-0.05, 0) is 86.7 Å². The van der Waals surface area contributed by atoms with Crippen LogP contribution in [-0.2, 0) is 11.3 Å². The molecule has 0 bridgehead atoms. The van der Waals surface area contributed by atoms with Crippen LogP contribution in [0.25, 0.3) is 11.0 Å². The van der Waals surface area contributed by atoms with Gasteiger partial charge in [0.05, 0.1) is 11.0 Å². The summed E-state index contributed by atoms with van der Waals surface area (Å²) >= 11 is 0. The molecule has 0 N–H and O–H groups in total. The fourth-order valence-electron chi connectivity index (χ4n) is 5.21. The molecule has 4 aromatic rings. The van der Waals surface area contributed by atoms with E-state index in [2.05, 4.69) is 87.7 Å². The van der Waals surface area contributed by atoms with Crippen molar-refractivity contribution in [2.45, 2.75) is 53.5 Å². The van der Waals surface area contributed by atoms with E-state index in [0.29, 0.717) is 13.0 Å². The molecular weight excluding hydrogens is 406 g/mol. The number of amides is 1. The molecule has 1 saturated heterocycles. The van der Waals surface area contributed by atoms with E-state index < -0.39 is 0 Å². The molecule has 1 atom stereocenters. The van der Waals surface area contributed by atoms with Crippen LogP contribution in [0.3, 0.4) is 0 Å². The number of benzene rings is 3. The molecule has 0 radical (unpaired) electrons. The monoisotopic (exact) mass is 437 g/mol. The summed E-state index contributed by atoms with van der Waals surface area (Å²) in [5, 5.41) is 0. The minimum Gasteiger partial charge on any atom is -0.323 e. The average molecular weight is 438 g/mol. The number of imidazole rings is 1. The first kappa shape index (κ1) is 21.4. The molecule has 2 heterocycles. The van der Waals surface area contributed by atoms with Crippen molar-refractivity contribution in [2.75, 3.05) is 11.4 Å². The minimum atomic E-state index is 0.0672. The molecule has 1 fully saturated rings. The maximum absolute atomic E-state index is 13.1. The van der Waals surface area contributed by atoms with Crippen LogP contribution in [0, 0.1) is 34.6 Å². The maximum atomic E-state index is 13.1. The van der Waals surface area contributed by atoms with Gasteiger partial charge < -0.3 is 9.47 Å². The zero-order valence-electron chi connectivity index (χ0n) is 20.1. The van der Waals surface area contributed by atoms with Crippen LogP contribution in [0.2, 0.25) is 0 Å². The standard InChI is InChI=1S/C29H31N3O/c1-18-12-21(4)25(22(5)13-18)17-32-27-9-7-6-8-26(27)30-29(32)23-15-28(33)31(16-23)24-11-10-19(2)20(3)14-24/h6-14,23H,15-17H2,1-5H3. The second kappa shape index (κ2) is 8.18. The lowest BCUT2D eigenvalue weighted by Crippen LogP contribution is -2.24. The summed E-state index contributed by atoms with van der Waals surface area (Å²) in [4.78, 5) is 20.1. The second-order valence-electron chi connectivity index (χ2n) is 9.60. The number of rotatable bonds is 4. The summed E-state index contributed by atoms with van der Waals surface area (Å²) in [6.45, 7) is 12.2. The Morgan fingerprint density at radius 3 is 2.33 bits per heavy atom. The predicted octanol–water partition coefficient (Wildman–Crippen LogP) is 6.15. The van der Waals surface area contributed by atoms with E-state index in [9.17, 15) is 4.79 Å². The Kier molecular flexibility index (Phi) is 5.32. The average Bonchev–Trinajstić information content (AvgIpc) is 3.33. The molecule has 168 valence electrons. The highest BCUT2D eigenvalue weighted by Crippen LogP contribution is 2.34. The molecule has 5 rings (SSSR count). The number of para-hydroxylation sites is 2. The number of hydrogen-bond donors (Lipinski definition) is 0. The van der Waals surface area contributed by atoms with Crippen LogP contribution in [0.4, 0.5) is 5.69 Å². The van der Waals surface area contributed by atoms with E-state index in [0.717, 1.165) is 29.1 Å². The van der Waals surface area contributed by atoms with E-state index in [-0.39, 0.29) is 11.8 Å². The van der Waals surface area contributed by atoms with E-state index in [1.807, 2.05) is 11.0 Å². The first-order valence-corrected chi connectivity index (χ1v) is 11.7. The Balaban J connectivity index is 1.55. The number of fused-ring (bicyclic) bond motifs is 1. The normalized spacial score (nSPS) is 16.2. The van der Waals surface area contributed by atoms with Gasteiger partial charge in [0.1, 0.15) is 5.82 Å². The number of aryl methyl sites for hydroxylation is 5.